The van der Waals surface area contributed by atoms with Crippen molar-refractivity contribution in [1.29, 1.82) is 0 Å². The molecule has 0 spiro atoms. The van der Waals surface area contributed by atoms with Crippen molar-refractivity contribution >= 4 is 0 Å². The minimum Gasteiger partial charge on any atom is -0.497 e. The monoisotopic (exact) mass is 236 g/mol. The van der Waals surface area contributed by atoms with Crippen molar-refractivity contribution in [3.05, 3.63) is 23.8 Å². The molecule has 0 amide bonds. The molecule has 1 aromatic carbocycles. The van der Waals surface area contributed by atoms with E-state index in [1.807, 2.05) is 18.2 Å². The van der Waals surface area contributed by atoms with Gasteiger partial charge >= 0.3 is 0 Å². The van der Waals surface area contributed by atoms with Crippen LogP contribution in [-0.4, -0.2) is 26.8 Å². The summed E-state index contributed by atoms with van der Waals surface area (Å²) in [7, 11) is 3.32. The van der Waals surface area contributed by atoms with Crippen molar-refractivity contribution in [3.63, 3.8) is 0 Å². The van der Waals surface area contributed by atoms with E-state index in [1.165, 1.54) is 6.42 Å². The van der Waals surface area contributed by atoms with Crippen molar-refractivity contribution in [2.45, 2.75) is 24.9 Å². The van der Waals surface area contributed by atoms with Crippen molar-refractivity contribution in [1.82, 2.24) is 5.32 Å². The molecule has 4 nitrogen and oxygen atoms in total. The van der Waals surface area contributed by atoms with Gasteiger partial charge in [-0.15, -0.1) is 0 Å². The molecular formula is C13H20N2O2. The van der Waals surface area contributed by atoms with Crippen molar-refractivity contribution in [2.24, 2.45) is 5.73 Å². The Morgan fingerprint density at radius 2 is 2.18 bits per heavy atom. The molecule has 2 atom stereocenters. The Hall–Kier alpha value is -1.26. The molecule has 2 rings (SSSR count). The van der Waals surface area contributed by atoms with E-state index in [1.54, 1.807) is 14.2 Å². The van der Waals surface area contributed by atoms with E-state index in [0.29, 0.717) is 6.04 Å². The third kappa shape index (κ3) is 2.53. The zero-order valence-corrected chi connectivity index (χ0v) is 10.4. The van der Waals surface area contributed by atoms with Gasteiger partial charge in [-0.05, 0) is 37.6 Å². The zero-order chi connectivity index (χ0) is 12.3. The van der Waals surface area contributed by atoms with Crippen LogP contribution in [0.1, 0.15) is 24.4 Å². The number of methoxy groups -OCH3 is 2. The van der Waals surface area contributed by atoms with Crippen LogP contribution in [0.2, 0.25) is 0 Å². The summed E-state index contributed by atoms with van der Waals surface area (Å²) < 4.78 is 10.6. The highest BCUT2D eigenvalue weighted by molar-refractivity contribution is 5.42. The molecule has 3 N–H and O–H groups in total. The fourth-order valence-corrected chi connectivity index (χ4v) is 2.33. The van der Waals surface area contributed by atoms with Crippen LogP contribution < -0.4 is 20.5 Å². The molecule has 17 heavy (non-hydrogen) atoms. The number of nitrogens with two attached hydrogens (primary N) is 1. The van der Waals surface area contributed by atoms with Gasteiger partial charge in [0.15, 0.2) is 0 Å². The molecule has 0 saturated carbocycles. The highest BCUT2D eigenvalue weighted by Crippen LogP contribution is 2.31. The lowest BCUT2D eigenvalue weighted by Crippen LogP contribution is -2.34. The number of ether oxygens (including phenoxy) is 2. The second kappa shape index (κ2) is 5.38. The summed E-state index contributed by atoms with van der Waals surface area (Å²) in [4.78, 5) is 0. The average Bonchev–Trinajstić information content (AvgIpc) is 2.91. The van der Waals surface area contributed by atoms with Gasteiger partial charge in [-0.1, -0.05) is 0 Å². The lowest BCUT2D eigenvalue weighted by atomic mass is 9.98. The second-order valence-corrected chi connectivity index (χ2v) is 4.34. The number of rotatable bonds is 4. The van der Waals surface area contributed by atoms with Gasteiger partial charge in [-0.2, -0.15) is 0 Å². The zero-order valence-electron chi connectivity index (χ0n) is 10.4. The number of hydrogen-bond acceptors (Lipinski definition) is 4. The van der Waals surface area contributed by atoms with Crippen LogP contribution in [-0.2, 0) is 0 Å². The molecule has 1 saturated heterocycles. The number of nitrogens with one attached hydrogen (secondary N) is 1. The van der Waals surface area contributed by atoms with Crippen LogP contribution >= 0.6 is 0 Å². The molecule has 1 aliphatic rings. The number of benzene rings is 1. The molecule has 0 bridgehead atoms. The Labute approximate surface area is 102 Å². The highest BCUT2D eigenvalue weighted by atomic mass is 16.5. The van der Waals surface area contributed by atoms with E-state index < -0.39 is 0 Å². The molecule has 94 valence electrons. The molecule has 2 unspecified atom stereocenters. The Balaban J connectivity index is 2.27. The summed E-state index contributed by atoms with van der Waals surface area (Å²) in [6, 6.07) is 6.03. The van der Waals surface area contributed by atoms with Crippen molar-refractivity contribution in [2.75, 3.05) is 20.8 Å². The van der Waals surface area contributed by atoms with Gasteiger partial charge in [0.2, 0.25) is 0 Å². The molecule has 0 aliphatic carbocycles. The van der Waals surface area contributed by atoms with Crippen LogP contribution in [0.15, 0.2) is 18.2 Å². The summed E-state index contributed by atoms with van der Waals surface area (Å²) in [5.41, 5.74) is 7.31. The van der Waals surface area contributed by atoms with E-state index in [2.05, 4.69) is 5.32 Å². The molecular weight excluding hydrogens is 216 g/mol. The van der Waals surface area contributed by atoms with Gasteiger partial charge in [0.1, 0.15) is 11.5 Å². The maximum absolute atomic E-state index is 6.30. The quantitative estimate of drug-likeness (QED) is 0.831. The maximum atomic E-state index is 6.30. The Kier molecular flexibility index (Phi) is 3.86. The minimum atomic E-state index is -0.0532. The Morgan fingerprint density at radius 3 is 2.76 bits per heavy atom. The van der Waals surface area contributed by atoms with Gasteiger partial charge in [0.25, 0.3) is 0 Å². The van der Waals surface area contributed by atoms with E-state index in [9.17, 15) is 0 Å². The van der Waals surface area contributed by atoms with Crippen LogP contribution in [0, 0.1) is 0 Å². The first-order valence-electron chi connectivity index (χ1n) is 5.97. The molecule has 0 radical (unpaired) electrons. The summed E-state index contributed by atoms with van der Waals surface area (Å²) in [5.74, 6) is 1.64. The molecule has 1 aliphatic heterocycles. The number of hydrogen-bond donors (Lipinski definition) is 2. The molecule has 1 heterocycles. The fourth-order valence-electron chi connectivity index (χ4n) is 2.33. The molecule has 0 aromatic heterocycles. The van der Waals surface area contributed by atoms with Gasteiger partial charge in [-0.25, -0.2) is 0 Å². The first kappa shape index (κ1) is 12.2. The molecule has 1 fully saturated rings. The van der Waals surface area contributed by atoms with Gasteiger partial charge < -0.3 is 20.5 Å². The van der Waals surface area contributed by atoms with E-state index >= 15 is 0 Å². The molecule has 1 aromatic rings. The van der Waals surface area contributed by atoms with E-state index in [0.717, 1.165) is 30.0 Å². The first-order valence-corrected chi connectivity index (χ1v) is 5.97. The third-order valence-corrected chi connectivity index (χ3v) is 3.33. The predicted octanol–water partition coefficient (Wildman–Crippen LogP) is 1.46. The third-order valence-electron chi connectivity index (χ3n) is 3.33. The highest BCUT2D eigenvalue weighted by Gasteiger charge is 2.25. The summed E-state index contributed by atoms with van der Waals surface area (Å²) in [6.45, 7) is 1.05. The fraction of sp³-hybridized carbons (Fsp3) is 0.538. The smallest absolute Gasteiger partial charge is 0.123 e. The average molecular weight is 236 g/mol. The maximum Gasteiger partial charge on any atom is 0.123 e. The second-order valence-electron chi connectivity index (χ2n) is 4.34. The minimum absolute atomic E-state index is 0.0532. The van der Waals surface area contributed by atoms with Gasteiger partial charge in [0.05, 0.1) is 14.2 Å². The predicted molar refractivity (Wildman–Crippen MR) is 67.5 cm³/mol. The first-order chi connectivity index (χ1) is 8.26. The topological polar surface area (TPSA) is 56.5 Å². The van der Waals surface area contributed by atoms with Crippen LogP contribution in [0.5, 0.6) is 11.5 Å². The van der Waals surface area contributed by atoms with Gasteiger partial charge in [-0.3, -0.25) is 0 Å². The normalized spacial score (nSPS) is 21.2. The standard InChI is InChI=1S/C13H20N2O2/c1-16-9-5-6-12(17-2)10(8-9)13(14)11-4-3-7-15-11/h5-6,8,11,13,15H,3-4,7,14H2,1-2H3. The summed E-state index contributed by atoms with van der Waals surface area (Å²) in [5, 5.41) is 3.42. The lowest BCUT2D eigenvalue weighted by Gasteiger charge is -2.22. The van der Waals surface area contributed by atoms with Crippen LogP contribution in [0.25, 0.3) is 0 Å². The molecule has 4 heteroatoms. The van der Waals surface area contributed by atoms with E-state index in [4.69, 9.17) is 15.2 Å². The lowest BCUT2D eigenvalue weighted by molar-refractivity contribution is 0.387. The van der Waals surface area contributed by atoms with Gasteiger partial charge in [0, 0.05) is 17.6 Å². The SMILES string of the molecule is COc1ccc(OC)c(C(N)C2CCCN2)c1. The Morgan fingerprint density at radius 1 is 1.35 bits per heavy atom. The van der Waals surface area contributed by atoms with Crippen molar-refractivity contribution in [3.8, 4) is 11.5 Å². The van der Waals surface area contributed by atoms with E-state index in [-0.39, 0.29) is 6.04 Å². The van der Waals surface area contributed by atoms with Crippen molar-refractivity contribution < 1.29 is 9.47 Å². The van der Waals surface area contributed by atoms with Crippen LogP contribution in [0.4, 0.5) is 0 Å². The van der Waals surface area contributed by atoms with Crippen LogP contribution in [0.3, 0.4) is 0 Å². The summed E-state index contributed by atoms with van der Waals surface area (Å²) in [6.07, 6.45) is 2.30. The largest absolute Gasteiger partial charge is 0.497 e. The Bertz CT molecular complexity index is 376. The summed E-state index contributed by atoms with van der Waals surface area (Å²) >= 11 is 0.